The minimum atomic E-state index is -1.71. The number of amides is 3. The molecule has 0 bridgehead atoms. The van der Waals surface area contributed by atoms with Gasteiger partial charge in [0, 0.05) is 36.6 Å². The third-order valence-corrected chi connectivity index (χ3v) is 5.08. The van der Waals surface area contributed by atoms with Crippen LogP contribution in [0.5, 0.6) is 0 Å². The van der Waals surface area contributed by atoms with Crippen LogP contribution in [0.1, 0.15) is 32.1 Å². The highest BCUT2D eigenvalue weighted by Crippen LogP contribution is 2.17. The summed E-state index contributed by atoms with van der Waals surface area (Å²) in [5.41, 5.74) is 0.631. The molecule has 1 aromatic carbocycles. The molecule has 0 fully saturated rings. The van der Waals surface area contributed by atoms with Gasteiger partial charge < -0.3 is 35.8 Å². The highest BCUT2D eigenvalue weighted by Gasteiger charge is 2.22. The van der Waals surface area contributed by atoms with Gasteiger partial charge in [0.2, 0.25) is 5.91 Å². The van der Waals surface area contributed by atoms with E-state index in [1.54, 1.807) is 12.1 Å². The lowest BCUT2D eigenvalue weighted by molar-refractivity contribution is -0.139. The summed E-state index contributed by atoms with van der Waals surface area (Å²) in [7, 11) is -0.202. The molecular formula is C18H25BBrN3O8. The van der Waals surface area contributed by atoms with Crippen LogP contribution >= 0.6 is 15.9 Å². The van der Waals surface area contributed by atoms with E-state index in [9.17, 15) is 34.3 Å². The van der Waals surface area contributed by atoms with Gasteiger partial charge in [0.05, 0.1) is 0 Å². The maximum absolute atomic E-state index is 12.4. The normalized spacial score (nSPS) is 11.4. The molecule has 170 valence electrons. The quantitative estimate of drug-likeness (QED) is 0.169. The number of carboxylic acid groups (broad SMARTS) is 2. The van der Waals surface area contributed by atoms with Crippen molar-refractivity contribution >= 4 is 58.1 Å². The Morgan fingerprint density at radius 1 is 1.13 bits per heavy atom. The lowest BCUT2D eigenvalue weighted by Crippen LogP contribution is -2.46. The van der Waals surface area contributed by atoms with Crippen molar-refractivity contribution in [2.24, 2.45) is 0 Å². The number of hydrogen-bond donors (Lipinski definition) is 6. The molecule has 1 rings (SSSR count). The number of benzene rings is 1. The standard InChI is InChI=1S/C18H25BBrN3O8/c1-23(11-7-8-13(20)12(10-11)19(30)31)15(24)5-2-4-14(17(27)28)22-18(29)21-9-3-6-16(25)26/h7-8,10,14,30-31H,2-6,9H2,1H3,(H,25,26)(H,27,28)(H2,21,22,29). The van der Waals surface area contributed by atoms with E-state index >= 15 is 0 Å². The number of halogens is 1. The molecule has 0 saturated heterocycles. The number of nitrogens with zero attached hydrogens (tertiary/aromatic N) is 1. The molecule has 6 N–H and O–H groups in total. The molecule has 0 spiro atoms. The Bertz CT molecular complexity index is 808. The van der Waals surface area contributed by atoms with Crippen LogP contribution in [0.3, 0.4) is 0 Å². The Hall–Kier alpha value is -2.64. The zero-order valence-corrected chi connectivity index (χ0v) is 18.5. The number of rotatable bonds is 12. The lowest BCUT2D eigenvalue weighted by Gasteiger charge is -2.20. The van der Waals surface area contributed by atoms with E-state index < -0.39 is 31.1 Å². The fourth-order valence-electron chi connectivity index (χ4n) is 2.61. The van der Waals surface area contributed by atoms with Gasteiger partial charge in [0.1, 0.15) is 6.04 Å². The van der Waals surface area contributed by atoms with Gasteiger partial charge in [-0.2, -0.15) is 0 Å². The Morgan fingerprint density at radius 2 is 1.81 bits per heavy atom. The number of anilines is 1. The van der Waals surface area contributed by atoms with E-state index in [0.29, 0.717) is 10.2 Å². The summed E-state index contributed by atoms with van der Waals surface area (Å²) in [6.45, 7) is 0.0888. The largest absolute Gasteiger partial charge is 0.489 e. The molecule has 31 heavy (non-hydrogen) atoms. The highest BCUT2D eigenvalue weighted by atomic mass is 79.9. The van der Waals surface area contributed by atoms with Crippen molar-refractivity contribution in [2.45, 2.75) is 38.1 Å². The van der Waals surface area contributed by atoms with Crippen molar-refractivity contribution < 1.29 is 39.4 Å². The van der Waals surface area contributed by atoms with Gasteiger partial charge in [-0.15, -0.1) is 0 Å². The van der Waals surface area contributed by atoms with Gasteiger partial charge in [-0.3, -0.25) is 9.59 Å². The SMILES string of the molecule is CN(C(=O)CCCC(NC(=O)NCCCC(=O)O)C(=O)O)c1ccc(Br)c(B(O)O)c1. The summed E-state index contributed by atoms with van der Waals surface area (Å²) < 4.78 is 0.476. The zero-order valence-electron chi connectivity index (χ0n) is 16.9. The minimum absolute atomic E-state index is 0.00919. The zero-order chi connectivity index (χ0) is 23.6. The van der Waals surface area contributed by atoms with E-state index in [0.717, 1.165) is 0 Å². The first-order valence-electron chi connectivity index (χ1n) is 9.44. The summed E-state index contributed by atoms with van der Waals surface area (Å²) in [6.07, 6.45) is 0.306. The number of carbonyl (C=O) groups excluding carboxylic acids is 2. The average molecular weight is 502 g/mol. The molecule has 1 aromatic rings. The Morgan fingerprint density at radius 3 is 2.39 bits per heavy atom. The molecule has 3 amide bonds. The Balaban J connectivity index is 2.53. The van der Waals surface area contributed by atoms with E-state index in [2.05, 4.69) is 26.6 Å². The van der Waals surface area contributed by atoms with Crippen LogP contribution in [-0.4, -0.2) is 70.9 Å². The average Bonchev–Trinajstić information content (AvgIpc) is 2.69. The first-order valence-corrected chi connectivity index (χ1v) is 10.2. The van der Waals surface area contributed by atoms with Crippen LogP contribution < -0.4 is 21.0 Å². The van der Waals surface area contributed by atoms with Crippen LogP contribution in [0, 0.1) is 0 Å². The van der Waals surface area contributed by atoms with Gasteiger partial charge in [-0.25, -0.2) is 9.59 Å². The van der Waals surface area contributed by atoms with Crippen molar-refractivity contribution in [3.05, 3.63) is 22.7 Å². The van der Waals surface area contributed by atoms with Gasteiger partial charge in [-0.1, -0.05) is 15.9 Å². The van der Waals surface area contributed by atoms with Crippen molar-refractivity contribution in [2.75, 3.05) is 18.5 Å². The van der Waals surface area contributed by atoms with Crippen molar-refractivity contribution in [1.82, 2.24) is 10.6 Å². The molecule has 0 aliphatic carbocycles. The molecule has 1 atom stereocenters. The summed E-state index contributed by atoms with van der Waals surface area (Å²) in [5.74, 6) is -2.56. The number of carboxylic acids is 2. The number of hydrogen-bond acceptors (Lipinski definition) is 6. The van der Waals surface area contributed by atoms with E-state index in [4.69, 9.17) is 5.11 Å². The Labute approximate surface area is 187 Å². The van der Waals surface area contributed by atoms with Crippen molar-refractivity contribution in [3.63, 3.8) is 0 Å². The molecule has 0 aliphatic rings. The molecule has 0 saturated carbocycles. The monoisotopic (exact) mass is 501 g/mol. The van der Waals surface area contributed by atoms with E-state index in [1.807, 2.05) is 0 Å². The van der Waals surface area contributed by atoms with Crippen molar-refractivity contribution in [1.29, 1.82) is 0 Å². The lowest BCUT2D eigenvalue weighted by atomic mass is 9.80. The van der Waals surface area contributed by atoms with Crippen LogP contribution in [0.15, 0.2) is 22.7 Å². The molecule has 0 heterocycles. The van der Waals surface area contributed by atoms with Crippen LogP contribution in [-0.2, 0) is 14.4 Å². The van der Waals surface area contributed by atoms with Crippen LogP contribution in [0.2, 0.25) is 0 Å². The second-order valence-electron chi connectivity index (χ2n) is 6.71. The molecule has 11 nitrogen and oxygen atoms in total. The van der Waals surface area contributed by atoms with Gasteiger partial charge in [0.25, 0.3) is 0 Å². The predicted octanol–water partition coefficient (Wildman–Crippen LogP) is -0.121. The van der Waals surface area contributed by atoms with Crippen LogP contribution in [0.4, 0.5) is 10.5 Å². The number of aliphatic carboxylic acids is 2. The first-order chi connectivity index (χ1) is 14.5. The molecule has 0 radical (unpaired) electrons. The third kappa shape index (κ3) is 9.36. The topological polar surface area (TPSA) is 176 Å². The summed E-state index contributed by atoms with van der Waals surface area (Å²) in [6, 6.07) is 2.70. The molecule has 0 aromatic heterocycles. The van der Waals surface area contributed by atoms with Crippen LogP contribution in [0.25, 0.3) is 0 Å². The maximum atomic E-state index is 12.4. The smallest absolute Gasteiger partial charge is 0.481 e. The summed E-state index contributed by atoms with van der Waals surface area (Å²) in [5, 5.41) is 41.2. The van der Waals surface area contributed by atoms with Crippen molar-refractivity contribution in [3.8, 4) is 0 Å². The molecular weight excluding hydrogens is 477 g/mol. The minimum Gasteiger partial charge on any atom is -0.481 e. The molecule has 0 aliphatic heterocycles. The third-order valence-electron chi connectivity index (χ3n) is 4.36. The maximum Gasteiger partial charge on any atom is 0.489 e. The van der Waals surface area contributed by atoms with E-state index in [1.165, 1.54) is 18.0 Å². The predicted molar refractivity (Wildman–Crippen MR) is 116 cm³/mol. The summed E-state index contributed by atoms with van der Waals surface area (Å²) in [4.78, 5) is 47.3. The number of nitrogens with one attached hydrogen (secondary N) is 2. The number of urea groups is 1. The van der Waals surface area contributed by atoms with Gasteiger partial charge >= 0.3 is 25.1 Å². The second kappa shape index (κ2) is 12.9. The summed E-state index contributed by atoms with van der Waals surface area (Å²) >= 11 is 3.19. The highest BCUT2D eigenvalue weighted by molar-refractivity contribution is 9.10. The van der Waals surface area contributed by atoms with Gasteiger partial charge in [0.15, 0.2) is 0 Å². The number of carbonyl (C=O) groups is 4. The Kier molecular flexibility index (Phi) is 11.0. The van der Waals surface area contributed by atoms with Gasteiger partial charge in [-0.05, 0) is 42.9 Å². The fourth-order valence-corrected chi connectivity index (χ4v) is 3.07. The van der Waals surface area contributed by atoms with E-state index in [-0.39, 0.29) is 50.0 Å². The molecule has 1 unspecified atom stereocenters. The second-order valence-corrected chi connectivity index (χ2v) is 7.57. The fraction of sp³-hybridized carbons (Fsp3) is 0.444. The molecule has 13 heteroatoms. The first kappa shape index (κ1) is 26.4.